The Morgan fingerprint density at radius 3 is 2.70 bits per heavy atom. The summed E-state index contributed by atoms with van der Waals surface area (Å²) in [6.45, 7) is 9.04. The molecular formula is C14H23ClN4O. The summed E-state index contributed by atoms with van der Waals surface area (Å²) in [5.74, 6) is 0.407. The highest BCUT2D eigenvalue weighted by atomic mass is 35.5. The monoisotopic (exact) mass is 298 g/mol. The number of allylic oxidation sites excluding steroid dienone is 1. The molecule has 5 nitrogen and oxygen atoms in total. The van der Waals surface area contributed by atoms with E-state index in [1.54, 1.807) is 12.3 Å². The van der Waals surface area contributed by atoms with Crippen molar-refractivity contribution in [1.82, 2.24) is 14.7 Å². The van der Waals surface area contributed by atoms with Gasteiger partial charge in [-0.2, -0.15) is 5.10 Å². The van der Waals surface area contributed by atoms with Crippen LogP contribution in [0.2, 0.25) is 5.02 Å². The predicted octanol–water partition coefficient (Wildman–Crippen LogP) is 2.08. The van der Waals surface area contributed by atoms with Crippen molar-refractivity contribution < 1.29 is 0 Å². The fourth-order valence-corrected chi connectivity index (χ4v) is 2.04. The molecule has 1 atom stereocenters. The van der Waals surface area contributed by atoms with Crippen LogP contribution in [0.25, 0.3) is 0 Å². The van der Waals surface area contributed by atoms with Crippen molar-refractivity contribution in [2.24, 2.45) is 5.92 Å². The Bertz CT molecular complexity index is 510. The van der Waals surface area contributed by atoms with Crippen molar-refractivity contribution in [3.63, 3.8) is 0 Å². The molecule has 1 aromatic rings. The van der Waals surface area contributed by atoms with Gasteiger partial charge in [0.1, 0.15) is 5.02 Å². The smallest absolute Gasteiger partial charge is 0.287 e. The number of hydrogen-bond donors (Lipinski definition) is 1. The second-order valence-electron chi connectivity index (χ2n) is 5.41. The molecule has 112 valence electrons. The fourth-order valence-electron chi connectivity index (χ4n) is 1.83. The Labute approximate surface area is 125 Å². The van der Waals surface area contributed by atoms with Crippen LogP contribution < -0.4 is 10.9 Å². The third-order valence-electron chi connectivity index (χ3n) is 2.99. The van der Waals surface area contributed by atoms with Gasteiger partial charge in [0.25, 0.3) is 5.56 Å². The molecule has 20 heavy (non-hydrogen) atoms. The quantitative estimate of drug-likeness (QED) is 0.783. The van der Waals surface area contributed by atoms with E-state index >= 15 is 0 Å². The standard InChI is InChI=1S/C14H23ClN4O/c1-6-7-19-14(20)13(15)11(8-16-19)17-12(10(2)3)9-18(4)5/h6,8,10,12,17H,1,7,9H2,2-5H3. The molecule has 1 unspecified atom stereocenters. The molecule has 6 heteroatoms. The minimum atomic E-state index is -0.302. The summed E-state index contributed by atoms with van der Waals surface area (Å²) in [4.78, 5) is 14.1. The average Bonchev–Trinajstić information content (AvgIpc) is 2.36. The van der Waals surface area contributed by atoms with Gasteiger partial charge in [0, 0.05) is 12.6 Å². The zero-order chi connectivity index (χ0) is 15.3. The first-order valence-corrected chi connectivity index (χ1v) is 7.02. The second-order valence-corrected chi connectivity index (χ2v) is 5.78. The van der Waals surface area contributed by atoms with E-state index < -0.39 is 0 Å². The highest BCUT2D eigenvalue weighted by molar-refractivity contribution is 6.32. The third-order valence-corrected chi connectivity index (χ3v) is 3.36. The number of likely N-dealkylation sites (N-methyl/N-ethyl adjacent to an activating group) is 1. The summed E-state index contributed by atoms with van der Waals surface area (Å²) >= 11 is 6.14. The van der Waals surface area contributed by atoms with Gasteiger partial charge in [-0.15, -0.1) is 6.58 Å². The van der Waals surface area contributed by atoms with Crippen molar-refractivity contribution in [1.29, 1.82) is 0 Å². The number of nitrogens with one attached hydrogen (secondary N) is 1. The Balaban J connectivity index is 2.99. The molecule has 0 spiro atoms. The molecule has 1 N–H and O–H groups in total. The van der Waals surface area contributed by atoms with Crippen molar-refractivity contribution in [3.8, 4) is 0 Å². The van der Waals surface area contributed by atoms with Gasteiger partial charge in [-0.05, 0) is 20.0 Å². The molecule has 0 saturated carbocycles. The lowest BCUT2D eigenvalue weighted by Crippen LogP contribution is -2.37. The van der Waals surface area contributed by atoms with Crippen LogP contribution in [0.15, 0.2) is 23.6 Å². The Kier molecular flexibility index (Phi) is 6.23. The maximum atomic E-state index is 12.0. The molecule has 1 aromatic heterocycles. The van der Waals surface area contributed by atoms with E-state index in [1.165, 1.54) is 4.68 Å². The van der Waals surface area contributed by atoms with Gasteiger partial charge < -0.3 is 10.2 Å². The van der Waals surface area contributed by atoms with Crippen molar-refractivity contribution >= 4 is 17.3 Å². The first-order chi connectivity index (χ1) is 9.36. The summed E-state index contributed by atoms with van der Waals surface area (Å²) in [5.41, 5.74) is 0.279. The van der Waals surface area contributed by atoms with E-state index in [0.29, 0.717) is 18.2 Å². The molecule has 0 radical (unpaired) electrons. The van der Waals surface area contributed by atoms with E-state index in [1.807, 2.05) is 14.1 Å². The van der Waals surface area contributed by atoms with Crippen LogP contribution in [-0.2, 0) is 6.54 Å². The number of aromatic nitrogens is 2. The Hall–Kier alpha value is -1.33. The largest absolute Gasteiger partial charge is 0.378 e. The van der Waals surface area contributed by atoms with E-state index in [-0.39, 0.29) is 16.6 Å². The maximum Gasteiger partial charge on any atom is 0.287 e. The van der Waals surface area contributed by atoms with Crippen molar-refractivity contribution in [3.05, 3.63) is 34.2 Å². The second kappa shape index (κ2) is 7.45. The molecule has 0 aliphatic heterocycles. The zero-order valence-corrected chi connectivity index (χ0v) is 13.3. The summed E-state index contributed by atoms with van der Waals surface area (Å²) < 4.78 is 1.29. The van der Waals surface area contributed by atoms with Gasteiger partial charge >= 0.3 is 0 Å². The van der Waals surface area contributed by atoms with Gasteiger partial charge in [-0.25, -0.2) is 4.68 Å². The SMILES string of the molecule is C=CCn1ncc(NC(CN(C)C)C(C)C)c(Cl)c1=O. The van der Waals surface area contributed by atoms with E-state index in [2.05, 4.69) is 35.7 Å². The maximum absolute atomic E-state index is 12.0. The van der Waals surface area contributed by atoms with Gasteiger partial charge in [0.15, 0.2) is 0 Å². The lowest BCUT2D eigenvalue weighted by molar-refractivity contribution is 0.344. The molecule has 1 rings (SSSR count). The minimum absolute atomic E-state index is 0.172. The summed E-state index contributed by atoms with van der Waals surface area (Å²) in [6, 6.07) is 0.193. The molecule has 0 fully saturated rings. The zero-order valence-electron chi connectivity index (χ0n) is 12.6. The van der Waals surface area contributed by atoms with Gasteiger partial charge in [-0.3, -0.25) is 4.79 Å². The van der Waals surface area contributed by atoms with Crippen LogP contribution in [0.5, 0.6) is 0 Å². The fraction of sp³-hybridized carbons (Fsp3) is 0.571. The molecule has 0 amide bonds. The molecule has 0 aliphatic rings. The molecule has 0 bridgehead atoms. The van der Waals surface area contributed by atoms with Gasteiger partial charge in [-0.1, -0.05) is 31.5 Å². The van der Waals surface area contributed by atoms with Crippen LogP contribution >= 0.6 is 11.6 Å². The normalized spacial score (nSPS) is 12.8. The van der Waals surface area contributed by atoms with Crippen molar-refractivity contribution in [2.45, 2.75) is 26.4 Å². The van der Waals surface area contributed by atoms with Crippen LogP contribution in [0.3, 0.4) is 0 Å². The highest BCUT2D eigenvalue weighted by Gasteiger charge is 2.17. The van der Waals surface area contributed by atoms with E-state index in [0.717, 1.165) is 6.54 Å². The number of rotatable bonds is 7. The number of anilines is 1. The third kappa shape index (κ3) is 4.35. The Morgan fingerprint density at radius 1 is 1.55 bits per heavy atom. The van der Waals surface area contributed by atoms with Crippen molar-refractivity contribution in [2.75, 3.05) is 26.0 Å². The topological polar surface area (TPSA) is 50.2 Å². The molecule has 0 aliphatic carbocycles. The molecule has 0 saturated heterocycles. The first kappa shape index (κ1) is 16.7. The van der Waals surface area contributed by atoms with Crippen LogP contribution in [0.1, 0.15) is 13.8 Å². The van der Waals surface area contributed by atoms with Crippen LogP contribution in [-0.4, -0.2) is 41.4 Å². The molecule has 1 heterocycles. The number of hydrogen-bond acceptors (Lipinski definition) is 4. The lowest BCUT2D eigenvalue weighted by Gasteiger charge is -2.26. The first-order valence-electron chi connectivity index (χ1n) is 6.64. The minimum Gasteiger partial charge on any atom is -0.378 e. The highest BCUT2D eigenvalue weighted by Crippen LogP contribution is 2.19. The number of nitrogens with zero attached hydrogens (tertiary/aromatic N) is 3. The Morgan fingerprint density at radius 2 is 2.20 bits per heavy atom. The molecular weight excluding hydrogens is 276 g/mol. The lowest BCUT2D eigenvalue weighted by atomic mass is 10.0. The average molecular weight is 299 g/mol. The predicted molar refractivity (Wildman–Crippen MR) is 84.5 cm³/mol. The van der Waals surface area contributed by atoms with Crippen LogP contribution in [0, 0.1) is 5.92 Å². The number of halogens is 1. The van der Waals surface area contributed by atoms with Gasteiger partial charge in [0.05, 0.1) is 18.4 Å². The molecule has 0 aromatic carbocycles. The van der Waals surface area contributed by atoms with Crippen LogP contribution in [0.4, 0.5) is 5.69 Å². The van der Waals surface area contributed by atoms with E-state index in [4.69, 9.17) is 11.6 Å². The summed E-state index contributed by atoms with van der Waals surface area (Å²) in [7, 11) is 4.03. The van der Waals surface area contributed by atoms with Gasteiger partial charge in [0.2, 0.25) is 0 Å². The van der Waals surface area contributed by atoms with E-state index in [9.17, 15) is 4.79 Å². The summed E-state index contributed by atoms with van der Waals surface area (Å²) in [5, 5.41) is 7.58. The summed E-state index contributed by atoms with van der Waals surface area (Å²) in [6.07, 6.45) is 3.21.